The van der Waals surface area contributed by atoms with Gasteiger partial charge in [-0.3, -0.25) is 9.11 Å². The molecule has 0 aliphatic carbocycles. The van der Waals surface area contributed by atoms with Crippen molar-refractivity contribution in [3.63, 3.8) is 0 Å². The minimum absolute atomic E-state index is 0.201. The summed E-state index contributed by atoms with van der Waals surface area (Å²) in [4.78, 5) is 0. The molecule has 0 aliphatic heterocycles. The monoisotopic (exact) mass is 236 g/mol. The van der Waals surface area contributed by atoms with Gasteiger partial charge in [-0.2, -0.15) is 16.8 Å². The van der Waals surface area contributed by atoms with Gasteiger partial charge in [-0.05, 0) is 13.8 Å². The summed E-state index contributed by atoms with van der Waals surface area (Å²) < 4.78 is 54.0. The van der Waals surface area contributed by atoms with E-state index in [0.717, 1.165) is 6.92 Å². The molecule has 0 aromatic rings. The molecule has 0 amide bonds. The van der Waals surface area contributed by atoms with Crippen LogP contribution in [0.25, 0.3) is 0 Å². The third kappa shape index (κ3) is 14.6. The van der Waals surface area contributed by atoms with Crippen LogP contribution in [0.1, 0.15) is 13.8 Å². The van der Waals surface area contributed by atoms with Crippen molar-refractivity contribution in [2.75, 3.05) is 5.75 Å². The Bertz CT molecular complexity index is 310. The number of rotatable bonds is 2. The first-order valence-electron chi connectivity index (χ1n) is 3.10. The Morgan fingerprint density at radius 1 is 1.15 bits per heavy atom. The van der Waals surface area contributed by atoms with Crippen LogP contribution >= 0.6 is 0 Å². The molecule has 9 heteroatoms. The van der Waals surface area contributed by atoms with Crippen LogP contribution in [0, 0.1) is 0 Å². The maximum atomic E-state index is 9.64. The fourth-order valence-electron chi connectivity index (χ4n) is 0. The van der Waals surface area contributed by atoms with Gasteiger partial charge in [0.1, 0.15) is 0 Å². The summed E-state index contributed by atoms with van der Waals surface area (Å²) in [6, 6.07) is 0. The molecular formula is C4H12O7S2. The van der Waals surface area contributed by atoms with Crippen LogP contribution in [0.4, 0.5) is 0 Å². The highest BCUT2D eigenvalue weighted by Gasteiger charge is 2.10. The minimum Gasteiger partial charge on any atom is -0.375 e. The summed E-state index contributed by atoms with van der Waals surface area (Å²) in [5.41, 5.74) is -1.67. The third-order valence-electron chi connectivity index (χ3n) is 0.796. The molecule has 7 nitrogen and oxygen atoms in total. The van der Waals surface area contributed by atoms with Crippen LogP contribution in [-0.2, 0) is 20.2 Å². The van der Waals surface area contributed by atoms with Gasteiger partial charge in [-0.15, -0.1) is 0 Å². The van der Waals surface area contributed by atoms with Crippen LogP contribution < -0.4 is 0 Å². The zero-order valence-corrected chi connectivity index (χ0v) is 8.71. The Hall–Kier alpha value is -0.220. The predicted molar refractivity (Wildman–Crippen MR) is 45.3 cm³/mol. The van der Waals surface area contributed by atoms with E-state index in [1.807, 2.05) is 0 Å². The first kappa shape index (κ1) is 15.3. The second-order valence-corrected chi connectivity index (χ2v) is 5.44. The molecule has 3 N–H and O–H groups in total. The standard InChI is InChI=1S/C2H6O4S.C2H6O3S/c1-2(3)7(4,5)6;1-2-6(3,4)5/h2-3H,1H3,(H,4,5,6);2H2,1H3,(H,3,4,5). The number of hydrogen-bond acceptors (Lipinski definition) is 5. The molecule has 82 valence electrons. The second-order valence-electron chi connectivity index (χ2n) is 1.98. The fraction of sp³-hybridized carbons (Fsp3) is 1.00. The maximum absolute atomic E-state index is 9.64. The molecule has 0 aromatic carbocycles. The third-order valence-corrected chi connectivity index (χ3v) is 2.39. The quantitative estimate of drug-likeness (QED) is 0.530. The lowest BCUT2D eigenvalue weighted by molar-refractivity contribution is 0.252. The molecule has 0 rings (SSSR count). The first-order valence-corrected chi connectivity index (χ1v) is 6.21. The molecule has 0 bridgehead atoms. The number of hydrogen-bond donors (Lipinski definition) is 3. The lowest BCUT2D eigenvalue weighted by Crippen LogP contribution is -2.14. The fourth-order valence-corrected chi connectivity index (χ4v) is 0. The molecule has 13 heavy (non-hydrogen) atoms. The molecule has 0 fully saturated rings. The van der Waals surface area contributed by atoms with Crippen LogP contribution in [0.2, 0.25) is 0 Å². The number of aliphatic hydroxyl groups is 1. The van der Waals surface area contributed by atoms with E-state index in [-0.39, 0.29) is 5.75 Å². The molecule has 0 heterocycles. The van der Waals surface area contributed by atoms with E-state index in [0.29, 0.717) is 0 Å². The molecule has 1 atom stereocenters. The van der Waals surface area contributed by atoms with E-state index in [4.69, 9.17) is 14.2 Å². The highest BCUT2D eigenvalue weighted by Crippen LogP contribution is 1.88. The van der Waals surface area contributed by atoms with Crippen molar-refractivity contribution in [2.24, 2.45) is 0 Å². The molecule has 0 spiro atoms. The average molecular weight is 236 g/mol. The van der Waals surface area contributed by atoms with E-state index >= 15 is 0 Å². The Morgan fingerprint density at radius 3 is 1.31 bits per heavy atom. The molecule has 0 saturated carbocycles. The molecule has 0 aromatic heterocycles. The van der Waals surface area contributed by atoms with Crippen molar-refractivity contribution in [3.05, 3.63) is 0 Å². The highest BCUT2D eigenvalue weighted by molar-refractivity contribution is 7.86. The predicted octanol–water partition coefficient (Wildman–Crippen LogP) is -0.893. The molecule has 0 saturated heterocycles. The zero-order valence-electron chi connectivity index (χ0n) is 7.08. The van der Waals surface area contributed by atoms with Crippen LogP contribution in [0.5, 0.6) is 0 Å². The highest BCUT2D eigenvalue weighted by atomic mass is 32.2. The van der Waals surface area contributed by atoms with Gasteiger partial charge in [-0.1, -0.05) is 0 Å². The van der Waals surface area contributed by atoms with Gasteiger partial charge in [0.15, 0.2) is 5.44 Å². The van der Waals surface area contributed by atoms with E-state index in [2.05, 4.69) is 0 Å². The van der Waals surface area contributed by atoms with Crippen molar-refractivity contribution in [3.8, 4) is 0 Å². The summed E-state index contributed by atoms with van der Waals surface area (Å²) in [5, 5.41) is 8.05. The zero-order chi connectivity index (χ0) is 11.3. The van der Waals surface area contributed by atoms with E-state index in [1.54, 1.807) is 0 Å². The topological polar surface area (TPSA) is 129 Å². The molecular weight excluding hydrogens is 224 g/mol. The van der Waals surface area contributed by atoms with Crippen LogP contribution in [-0.4, -0.2) is 42.2 Å². The maximum Gasteiger partial charge on any atom is 0.291 e. The van der Waals surface area contributed by atoms with Gasteiger partial charge in [0, 0.05) is 0 Å². The Labute approximate surface area is 76.9 Å². The van der Waals surface area contributed by atoms with Crippen molar-refractivity contribution in [1.82, 2.24) is 0 Å². The van der Waals surface area contributed by atoms with Crippen LogP contribution in [0.15, 0.2) is 0 Å². The lowest BCUT2D eigenvalue weighted by atomic mass is 10.9. The van der Waals surface area contributed by atoms with Gasteiger partial charge in [-0.25, -0.2) is 0 Å². The minimum atomic E-state index is -4.19. The molecule has 0 radical (unpaired) electrons. The van der Waals surface area contributed by atoms with Crippen molar-refractivity contribution < 1.29 is 31.0 Å². The normalized spacial score (nSPS) is 14.2. The van der Waals surface area contributed by atoms with E-state index < -0.39 is 25.7 Å². The van der Waals surface area contributed by atoms with Crippen LogP contribution in [0.3, 0.4) is 0 Å². The Morgan fingerprint density at radius 2 is 1.31 bits per heavy atom. The summed E-state index contributed by atoms with van der Waals surface area (Å²) in [6.07, 6.45) is 0. The average Bonchev–Trinajstić information content (AvgIpc) is 1.85. The van der Waals surface area contributed by atoms with Crippen molar-refractivity contribution in [1.29, 1.82) is 0 Å². The van der Waals surface area contributed by atoms with Gasteiger partial charge in [0.2, 0.25) is 0 Å². The van der Waals surface area contributed by atoms with E-state index in [1.165, 1.54) is 6.92 Å². The second kappa shape index (κ2) is 5.50. The smallest absolute Gasteiger partial charge is 0.291 e. The Kier molecular flexibility index (Phi) is 6.45. The summed E-state index contributed by atoms with van der Waals surface area (Å²) >= 11 is 0. The van der Waals surface area contributed by atoms with Crippen molar-refractivity contribution in [2.45, 2.75) is 19.3 Å². The van der Waals surface area contributed by atoms with Gasteiger partial charge in [0.05, 0.1) is 5.75 Å². The largest absolute Gasteiger partial charge is 0.375 e. The van der Waals surface area contributed by atoms with Gasteiger partial charge in [0.25, 0.3) is 20.2 Å². The summed E-state index contributed by atoms with van der Waals surface area (Å²) in [7, 11) is -7.85. The van der Waals surface area contributed by atoms with Gasteiger partial charge >= 0.3 is 0 Å². The lowest BCUT2D eigenvalue weighted by Gasteiger charge is -1.94. The van der Waals surface area contributed by atoms with E-state index in [9.17, 15) is 16.8 Å². The molecule has 0 aliphatic rings. The SMILES string of the molecule is CC(O)S(=O)(=O)O.CCS(=O)(=O)O. The summed E-state index contributed by atoms with van der Waals surface area (Å²) in [5.74, 6) is -0.201. The number of aliphatic hydroxyl groups excluding tert-OH is 1. The Balaban J connectivity index is 0. The van der Waals surface area contributed by atoms with Gasteiger partial charge < -0.3 is 5.11 Å². The first-order chi connectivity index (χ1) is 5.50. The van der Waals surface area contributed by atoms with Crippen molar-refractivity contribution >= 4 is 20.2 Å². The summed E-state index contributed by atoms with van der Waals surface area (Å²) in [6.45, 7) is 2.34. The molecule has 1 unspecified atom stereocenters.